The van der Waals surface area contributed by atoms with Crippen molar-refractivity contribution < 1.29 is 4.74 Å². The SMILES string of the molecule is COCCNCc1cnc(-n2ccc(C)n2)nc1. The number of nitrogens with zero attached hydrogens (tertiary/aromatic N) is 4. The van der Waals surface area contributed by atoms with E-state index in [0.717, 1.165) is 24.3 Å². The second-order valence-corrected chi connectivity index (χ2v) is 3.96. The first-order chi connectivity index (χ1) is 8.79. The van der Waals surface area contributed by atoms with Crippen LogP contribution in [0, 0.1) is 6.92 Å². The van der Waals surface area contributed by atoms with Crippen molar-refractivity contribution in [1.82, 2.24) is 25.1 Å². The van der Waals surface area contributed by atoms with Crippen LogP contribution in [0.4, 0.5) is 0 Å². The molecule has 0 saturated carbocycles. The van der Waals surface area contributed by atoms with Crippen molar-refractivity contribution in [2.24, 2.45) is 0 Å². The Bertz CT molecular complexity index is 479. The minimum atomic E-state index is 0.587. The summed E-state index contributed by atoms with van der Waals surface area (Å²) >= 11 is 0. The van der Waals surface area contributed by atoms with Crippen molar-refractivity contribution in [3.63, 3.8) is 0 Å². The Balaban J connectivity index is 1.93. The molecule has 0 saturated heterocycles. The summed E-state index contributed by atoms with van der Waals surface area (Å²) in [5.74, 6) is 0.587. The predicted octanol–water partition coefficient (Wildman–Crippen LogP) is 0.707. The maximum atomic E-state index is 4.95. The molecule has 1 N–H and O–H groups in total. The highest BCUT2D eigenvalue weighted by Crippen LogP contribution is 2.02. The lowest BCUT2D eigenvalue weighted by molar-refractivity contribution is 0.199. The van der Waals surface area contributed by atoms with Crippen molar-refractivity contribution in [1.29, 1.82) is 0 Å². The fraction of sp³-hybridized carbons (Fsp3) is 0.417. The quantitative estimate of drug-likeness (QED) is 0.761. The maximum absolute atomic E-state index is 4.95. The average molecular weight is 247 g/mol. The fourth-order valence-electron chi connectivity index (χ4n) is 1.49. The molecule has 0 radical (unpaired) electrons. The lowest BCUT2D eigenvalue weighted by Gasteiger charge is -2.04. The third-order valence-electron chi connectivity index (χ3n) is 2.43. The lowest BCUT2D eigenvalue weighted by Crippen LogP contribution is -2.18. The van der Waals surface area contributed by atoms with Gasteiger partial charge in [-0.1, -0.05) is 0 Å². The zero-order valence-corrected chi connectivity index (χ0v) is 10.6. The molecule has 2 rings (SSSR count). The number of aryl methyl sites for hydroxylation is 1. The standard InChI is InChI=1S/C12H17N5O/c1-10-3-5-17(16-10)12-14-8-11(9-15-12)7-13-4-6-18-2/h3,5,8-9,13H,4,6-7H2,1-2H3. The first-order valence-electron chi connectivity index (χ1n) is 5.83. The maximum Gasteiger partial charge on any atom is 0.250 e. The molecule has 0 aromatic carbocycles. The molecule has 2 aromatic rings. The summed E-state index contributed by atoms with van der Waals surface area (Å²) in [5, 5.41) is 7.50. The molecule has 0 fully saturated rings. The molecule has 0 aliphatic rings. The highest BCUT2D eigenvalue weighted by atomic mass is 16.5. The van der Waals surface area contributed by atoms with Gasteiger partial charge >= 0.3 is 0 Å². The van der Waals surface area contributed by atoms with Crippen molar-refractivity contribution in [3.05, 3.63) is 35.9 Å². The summed E-state index contributed by atoms with van der Waals surface area (Å²) in [6.45, 7) is 4.19. The Kier molecular flexibility index (Phi) is 4.38. The summed E-state index contributed by atoms with van der Waals surface area (Å²) in [6.07, 6.45) is 5.46. The zero-order valence-electron chi connectivity index (χ0n) is 10.6. The van der Waals surface area contributed by atoms with Crippen LogP contribution in [0.5, 0.6) is 0 Å². The van der Waals surface area contributed by atoms with Gasteiger partial charge in [-0.2, -0.15) is 5.10 Å². The van der Waals surface area contributed by atoms with Crippen LogP contribution in [-0.4, -0.2) is 40.0 Å². The van der Waals surface area contributed by atoms with Crippen LogP contribution in [0.3, 0.4) is 0 Å². The number of aromatic nitrogens is 4. The van der Waals surface area contributed by atoms with Crippen molar-refractivity contribution in [2.45, 2.75) is 13.5 Å². The summed E-state index contributed by atoms with van der Waals surface area (Å²) in [4.78, 5) is 8.56. The molecule has 0 bridgehead atoms. The van der Waals surface area contributed by atoms with Gasteiger partial charge in [-0.3, -0.25) is 0 Å². The molecule has 6 heteroatoms. The Labute approximate surface area is 106 Å². The van der Waals surface area contributed by atoms with Crippen LogP contribution < -0.4 is 5.32 Å². The number of hydrogen-bond acceptors (Lipinski definition) is 5. The molecule has 0 aliphatic carbocycles. The fourth-order valence-corrected chi connectivity index (χ4v) is 1.49. The van der Waals surface area contributed by atoms with E-state index in [4.69, 9.17) is 4.74 Å². The topological polar surface area (TPSA) is 64.9 Å². The molecule has 2 heterocycles. The zero-order chi connectivity index (χ0) is 12.8. The van der Waals surface area contributed by atoms with Crippen LogP contribution >= 0.6 is 0 Å². The first-order valence-corrected chi connectivity index (χ1v) is 5.83. The number of methoxy groups -OCH3 is 1. The first kappa shape index (κ1) is 12.7. The lowest BCUT2D eigenvalue weighted by atomic mass is 10.3. The van der Waals surface area contributed by atoms with E-state index in [-0.39, 0.29) is 0 Å². The van der Waals surface area contributed by atoms with E-state index in [1.165, 1.54) is 0 Å². The van der Waals surface area contributed by atoms with Crippen LogP contribution in [0.2, 0.25) is 0 Å². The average Bonchev–Trinajstić information content (AvgIpc) is 2.82. The van der Waals surface area contributed by atoms with Crippen molar-refractivity contribution in [3.8, 4) is 5.95 Å². The van der Waals surface area contributed by atoms with E-state index in [0.29, 0.717) is 12.6 Å². The van der Waals surface area contributed by atoms with Gasteiger partial charge in [0.05, 0.1) is 12.3 Å². The minimum absolute atomic E-state index is 0.587. The van der Waals surface area contributed by atoms with Gasteiger partial charge in [0, 0.05) is 44.4 Å². The van der Waals surface area contributed by atoms with Gasteiger partial charge in [0.25, 0.3) is 0 Å². The summed E-state index contributed by atoms with van der Waals surface area (Å²) in [5.41, 5.74) is 1.99. The molecule has 96 valence electrons. The van der Waals surface area contributed by atoms with E-state index >= 15 is 0 Å². The molecule has 18 heavy (non-hydrogen) atoms. The number of hydrogen-bond donors (Lipinski definition) is 1. The second kappa shape index (κ2) is 6.23. The van der Waals surface area contributed by atoms with Crippen LogP contribution in [0.1, 0.15) is 11.3 Å². The molecule has 0 atom stereocenters. The highest BCUT2D eigenvalue weighted by molar-refractivity contribution is 5.14. The molecule has 0 aliphatic heterocycles. The summed E-state index contributed by atoms with van der Waals surface area (Å²) < 4.78 is 6.62. The predicted molar refractivity (Wildman–Crippen MR) is 67.5 cm³/mol. The van der Waals surface area contributed by atoms with Crippen molar-refractivity contribution >= 4 is 0 Å². The smallest absolute Gasteiger partial charge is 0.250 e. The van der Waals surface area contributed by atoms with Crippen LogP contribution in [0.25, 0.3) is 5.95 Å². The number of nitrogens with one attached hydrogen (secondary N) is 1. The normalized spacial score (nSPS) is 10.8. The number of rotatable bonds is 6. The van der Waals surface area contributed by atoms with Gasteiger partial charge in [-0.15, -0.1) is 0 Å². The second-order valence-electron chi connectivity index (χ2n) is 3.96. The monoisotopic (exact) mass is 247 g/mol. The molecular formula is C12H17N5O. The van der Waals surface area contributed by atoms with Gasteiger partial charge < -0.3 is 10.1 Å². The Hall–Kier alpha value is -1.79. The van der Waals surface area contributed by atoms with E-state index in [1.807, 2.05) is 19.2 Å². The third-order valence-corrected chi connectivity index (χ3v) is 2.43. The largest absolute Gasteiger partial charge is 0.383 e. The number of ether oxygens (including phenoxy) is 1. The van der Waals surface area contributed by atoms with Gasteiger partial charge in [-0.25, -0.2) is 14.6 Å². The van der Waals surface area contributed by atoms with E-state index in [9.17, 15) is 0 Å². The van der Waals surface area contributed by atoms with Crippen LogP contribution in [-0.2, 0) is 11.3 Å². The summed E-state index contributed by atoms with van der Waals surface area (Å²) in [6, 6.07) is 1.92. The van der Waals surface area contributed by atoms with Gasteiger partial charge in [0.1, 0.15) is 0 Å². The summed E-state index contributed by atoms with van der Waals surface area (Å²) in [7, 11) is 1.69. The van der Waals surface area contributed by atoms with Gasteiger partial charge in [0.15, 0.2) is 0 Å². The van der Waals surface area contributed by atoms with E-state index in [1.54, 1.807) is 24.2 Å². The van der Waals surface area contributed by atoms with Gasteiger partial charge in [0.2, 0.25) is 5.95 Å². The van der Waals surface area contributed by atoms with E-state index < -0.39 is 0 Å². The molecule has 6 nitrogen and oxygen atoms in total. The molecule has 0 spiro atoms. The minimum Gasteiger partial charge on any atom is -0.383 e. The Morgan fingerprint density at radius 3 is 2.72 bits per heavy atom. The molecule has 0 unspecified atom stereocenters. The van der Waals surface area contributed by atoms with Crippen molar-refractivity contribution in [2.75, 3.05) is 20.3 Å². The third kappa shape index (κ3) is 3.35. The Morgan fingerprint density at radius 2 is 2.11 bits per heavy atom. The van der Waals surface area contributed by atoms with Crippen LogP contribution in [0.15, 0.2) is 24.7 Å². The molecule has 2 aromatic heterocycles. The van der Waals surface area contributed by atoms with E-state index in [2.05, 4.69) is 20.4 Å². The van der Waals surface area contributed by atoms with Gasteiger partial charge in [-0.05, 0) is 13.0 Å². The molecule has 0 amide bonds. The molecular weight excluding hydrogens is 230 g/mol. The Morgan fingerprint density at radius 1 is 1.33 bits per heavy atom. The highest BCUT2D eigenvalue weighted by Gasteiger charge is 2.01.